The Morgan fingerprint density at radius 3 is 2.93 bits per heavy atom. The van der Waals surface area contributed by atoms with E-state index in [2.05, 4.69) is 15.1 Å². The molecule has 0 aliphatic rings. The Balaban J connectivity index is 2.36. The highest BCUT2D eigenvalue weighted by Crippen LogP contribution is 2.10. The number of hydrogen-bond acceptors (Lipinski definition) is 3. The Hall–Kier alpha value is -2.17. The summed E-state index contributed by atoms with van der Waals surface area (Å²) in [6.07, 6.45) is 10.6. The summed E-state index contributed by atoms with van der Waals surface area (Å²) in [7, 11) is 0. The van der Waals surface area contributed by atoms with Crippen LogP contribution in [0.1, 0.15) is 0 Å². The van der Waals surface area contributed by atoms with Crippen molar-refractivity contribution in [3.8, 4) is 5.82 Å². The lowest BCUT2D eigenvalue weighted by Crippen LogP contribution is -1.98. The average Bonchev–Trinajstić information content (AvgIpc) is 2.88. The minimum atomic E-state index is 0.836. The van der Waals surface area contributed by atoms with Crippen molar-refractivity contribution in [2.75, 3.05) is 0 Å². The number of rotatable bonds is 1. The zero-order valence-electron chi connectivity index (χ0n) is 7.28. The molecule has 0 bridgehead atoms. The Morgan fingerprint density at radius 1 is 1.07 bits per heavy atom. The lowest BCUT2D eigenvalue weighted by atomic mass is 10.4. The summed E-state index contributed by atoms with van der Waals surface area (Å²) >= 11 is 0. The molecule has 0 atom stereocenters. The van der Waals surface area contributed by atoms with Crippen LogP contribution in [0.15, 0.2) is 43.4 Å². The molecule has 0 saturated heterocycles. The van der Waals surface area contributed by atoms with Gasteiger partial charge in [-0.25, -0.2) is 14.5 Å². The normalized spacial score (nSPS) is 10.9. The highest BCUT2D eigenvalue weighted by molar-refractivity contribution is 5.59. The molecule has 3 rings (SSSR count). The molecule has 0 aliphatic carbocycles. The average molecular weight is 185 g/mol. The molecule has 5 nitrogen and oxygen atoms in total. The SMILES string of the molecule is c1cn(-c2nccn3nccc23)cn1. The van der Waals surface area contributed by atoms with Crippen molar-refractivity contribution in [3.63, 3.8) is 0 Å². The maximum Gasteiger partial charge on any atom is 0.164 e. The first kappa shape index (κ1) is 7.25. The molecular formula is C9H7N5. The standard InChI is InChI=1S/C9H7N5/c1-2-12-14-6-4-11-9(8(1)14)13-5-3-10-7-13/h1-7H. The van der Waals surface area contributed by atoms with E-state index >= 15 is 0 Å². The number of nitrogens with zero attached hydrogens (tertiary/aromatic N) is 5. The molecule has 3 heterocycles. The molecule has 0 radical (unpaired) electrons. The van der Waals surface area contributed by atoms with Gasteiger partial charge in [0.2, 0.25) is 0 Å². The van der Waals surface area contributed by atoms with Gasteiger partial charge in [0.05, 0.1) is 6.20 Å². The van der Waals surface area contributed by atoms with Crippen LogP contribution in [0.25, 0.3) is 11.3 Å². The van der Waals surface area contributed by atoms with Crippen molar-refractivity contribution in [1.82, 2.24) is 24.1 Å². The fraction of sp³-hybridized carbons (Fsp3) is 0. The van der Waals surface area contributed by atoms with Gasteiger partial charge >= 0.3 is 0 Å². The van der Waals surface area contributed by atoms with Gasteiger partial charge in [0.1, 0.15) is 11.8 Å². The van der Waals surface area contributed by atoms with Crippen molar-refractivity contribution in [2.45, 2.75) is 0 Å². The van der Waals surface area contributed by atoms with E-state index in [9.17, 15) is 0 Å². The highest BCUT2D eigenvalue weighted by Gasteiger charge is 2.03. The monoisotopic (exact) mass is 185 g/mol. The maximum atomic E-state index is 4.28. The van der Waals surface area contributed by atoms with Crippen LogP contribution < -0.4 is 0 Å². The zero-order chi connectivity index (χ0) is 9.38. The van der Waals surface area contributed by atoms with Crippen LogP contribution in [-0.4, -0.2) is 24.1 Å². The molecule has 0 fully saturated rings. The molecule has 0 amide bonds. The lowest BCUT2D eigenvalue weighted by Gasteiger charge is -2.01. The number of aromatic nitrogens is 5. The second-order valence-corrected chi connectivity index (χ2v) is 2.88. The quantitative estimate of drug-likeness (QED) is 0.566. The molecule has 14 heavy (non-hydrogen) atoms. The van der Waals surface area contributed by atoms with Crippen molar-refractivity contribution < 1.29 is 0 Å². The topological polar surface area (TPSA) is 48.0 Å². The van der Waals surface area contributed by atoms with E-state index < -0.39 is 0 Å². The van der Waals surface area contributed by atoms with Crippen molar-refractivity contribution in [2.24, 2.45) is 0 Å². The highest BCUT2D eigenvalue weighted by atomic mass is 15.2. The van der Waals surface area contributed by atoms with Crippen molar-refractivity contribution in [3.05, 3.63) is 43.4 Å². The fourth-order valence-electron chi connectivity index (χ4n) is 1.43. The summed E-state index contributed by atoms with van der Waals surface area (Å²) in [5.41, 5.74) is 0.963. The van der Waals surface area contributed by atoms with E-state index in [1.165, 1.54) is 0 Å². The van der Waals surface area contributed by atoms with Crippen LogP contribution in [0.4, 0.5) is 0 Å². The molecule has 68 valence electrons. The van der Waals surface area contributed by atoms with Gasteiger partial charge in [-0.05, 0) is 6.07 Å². The molecule has 0 N–H and O–H groups in total. The van der Waals surface area contributed by atoms with Gasteiger partial charge < -0.3 is 0 Å². The number of imidazole rings is 1. The van der Waals surface area contributed by atoms with Gasteiger partial charge in [-0.15, -0.1) is 0 Å². The zero-order valence-corrected chi connectivity index (χ0v) is 7.28. The van der Waals surface area contributed by atoms with Crippen molar-refractivity contribution >= 4 is 5.52 Å². The summed E-state index contributed by atoms with van der Waals surface area (Å²) in [4.78, 5) is 8.27. The minimum Gasteiger partial charge on any atom is -0.289 e. The van der Waals surface area contributed by atoms with E-state index in [0.29, 0.717) is 0 Å². The third kappa shape index (κ3) is 0.922. The van der Waals surface area contributed by atoms with Gasteiger partial charge in [0.25, 0.3) is 0 Å². The maximum absolute atomic E-state index is 4.28. The first-order chi connectivity index (χ1) is 6.95. The second-order valence-electron chi connectivity index (χ2n) is 2.88. The first-order valence-electron chi connectivity index (χ1n) is 4.22. The van der Waals surface area contributed by atoms with Gasteiger partial charge in [0.15, 0.2) is 5.82 Å². The molecule has 5 heteroatoms. The smallest absolute Gasteiger partial charge is 0.164 e. The second kappa shape index (κ2) is 2.66. The van der Waals surface area contributed by atoms with Crippen LogP contribution in [0.3, 0.4) is 0 Å². The lowest BCUT2D eigenvalue weighted by molar-refractivity contribution is 0.911. The third-order valence-corrected chi connectivity index (χ3v) is 2.05. The fourth-order valence-corrected chi connectivity index (χ4v) is 1.43. The molecular weight excluding hydrogens is 178 g/mol. The summed E-state index contributed by atoms with van der Waals surface area (Å²) in [6, 6.07) is 1.92. The van der Waals surface area contributed by atoms with E-state index in [4.69, 9.17) is 0 Å². The van der Waals surface area contributed by atoms with Gasteiger partial charge in [-0.2, -0.15) is 5.10 Å². The Bertz CT molecular complexity index is 551. The summed E-state index contributed by atoms with van der Waals surface area (Å²) in [5.74, 6) is 0.836. The summed E-state index contributed by atoms with van der Waals surface area (Å²) in [6.45, 7) is 0. The molecule has 3 aromatic heterocycles. The van der Waals surface area contributed by atoms with E-state index in [-0.39, 0.29) is 0 Å². The van der Waals surface area contributed by atoms with Crippen LogP contribution in [0.5, 0.6) is 0 Å². The van der Waals surface area contributed by atoms with E-state index in [1.54, 1.807) is 29.4 Å². The molecule has 0 unspecified atom stereocenters. The Kier molecular flexibility index (Phi) is 1.38. The largest absolute Gasteiger partial charge is 0.289 e. The molecule has 0 aromatic carbocycles. The number of hydrogen-bond donors (Lipinski definition) is 0. The van der Waals surface area contributed by atoms with Crippen LogP contribution in [0.2, 0.25) is 0 Å². The van der Waals surface area contributed by atoms with Gasteiger partial charge in [0, 0.05) is 24.8 Å². The van der Waals surface area contributed by atoms with E-state index in [1.807, 2.05) is 23.0 Å². The Morgan fingerprint density at radius 2 is 2.07 bits per heavy atom. The molecule has 3 aromatic rings. The Labute approximate surface area is 79.7 Å². The third-order valence-electron chi connectivity index (χ3n) is 2.05. The summed E-state index contributed by atoms with van der Waals surface area (Å²) < 4.78 is 3.64. The minimum absolute atomic E-state index is 0.836. The van der Waals surface area contributed by atoms with Crippen molar-refractivity contribution in [1.29, 1.82) is 0 Å². The van der Waals surface area contributed by atoms with Crippen LogP contribution >= 0.6 is 0 Å². The molecule has 0 spiro atoms. The summed E-state index contributed by atoms with van der Waals surface area (Å²) in [5, 5.41) is 4.13. The van der Waals surface area contributed by atoms with Crippen LogP contribution in [-0.2, 0) is 0 Å². The molecule has 0 aliphatic heterocycles. The van der Waals surface area contributed by atoms with Gasteiger partial charge in [-0.1, -0.05) is 0 Å². The van der Waals surface area contributed by atoms with Gasteiger partial charge in [-0.3, -0.25) is 4.57 Å². The predicted octanol–water partition coefficient (Wildman–Crippen LogP) is 0.915. The number of fused-ring (bicyclic) bond motifs is 1. The van der Waals surface area contributed by atoms with E-state index in [0.717, 1.165) is 11.3 Å². The first-order valence-corrected chi connectivity index (χ1v) is 4.22. The van der Waals surface area contributed by atoms with Crippen LogP contribution in [0, 0.1) is 0 Å². The molecule has 0 saturated carbocycles. The predicted molar refractivity (Wildman–Crippen MR) is 50.1 cm³/mol.